The molecule has 2 heterocycles. The lowest BCUT2D eigenvalue weighted by atomic mass is 10.4. The molecule has 3 rings (SSSR count). The number of thioether (sulfide) groups is 1. The fraction of sp³-hybridized carbons (Fsp3) is 0.143. The predicted molar refractivity (Wildman–Crippen MR) is 82.6 cm³/mol. The quantitative estimate of drug-likeness (QED) is 0.679. The second kappa shape index (κ2) is 6.61. The number of aromatic nitrogens is 4. The smallest absolute Gasteiger partial charge is 0.293 e. The highest BCUT2D eigenvalue weighted by Gasteiger charge is 2.09. The molecule has 1 aromatic carbocycles. The van der Waals surface area contributed by atoms with Crippen LogP contribution in [0, 0.1) is 5.82 Å². The molecule has 0 aliphatic rings. The Bertz CT molecular complexity index is 890. The Labute approximate surface area is 133 Å². The summed E-state index contributed by atoms with van der Waals surface area (Å²) in [7, 11) is 0. The molecule has 1 amide bonds. The van der Waals surface area contributed by atoms with Crippen molar-refractivity contribution in [2.24, 2.45) is 0 Å². The van der Waals surface area contributed by atoms with Crippen molar-refractivity contribution in [1.82, 2.24) is 24.9 Å². The highest BCUT2D eigenvalue weighted by Crippen LogP contribution is 2.17. The van der Waals surface area contributed by atoms with E-state index in [0.717, 1.165) is 4.90 Å². The van der Waals surface area contributed by atoms with Gasteiger partial charge < -0.3 is 10.3 Å². The standard InChI is InChI=1S/C14H12FN5O2S/c15-9-1-3-10(4-2-9)23-8-12(21)17-7-11-18-19-13-14(22)16-5-6-20(11)13/h1-6H,7-8H2,(H,16,22)(H,17,21). The molecule has 0 aliphatic carbocycles. The monoisotopic (exact) mass is 333 g/mol. The first kappa shape index (κ1) is 15.2. The van der Waals surface area contributed by atoms with Gasteiger partial charge in [-0.15, -0.1) is 22.0 Å². The van der Waals surface area contributed by atoms with Crippen molar-refractivity contribution in [2.45, 2.75) is 11.4 Å². The predicted octanol–water partition coefficient (Wildman–Crippen LogP) is 0.965. The normalized spacial score (nSPS) is 10.8. The van der Waals surface area contributed by atoms with E-state index in [9.17, 15) is 14.0 Å². The van der Waals surface area contributed by atoms with E-state index >= 15 is 0 Å². The van der Waals surface area contributed by atoms with E-state index < -0.39 is 0 Å². The third-order valence-corrected chi connectivity index (χ3v) is 4.05. The first-order valence-corrected chi connectivity index (χ1v) is 7.68. The number of nitrogens with zero attached hydrogens (tertiary/aromatic N) is 3. The minimum absolute atomic E-state index is 0.160. The Morgan fingerprint density at radius 3 is 2.87 bits per heavy atom. The molecule has 118 valence electrons. The molecule has 2 aromatic heterocycles. The van der Waals surface area contributed by atoms with Crippen LogP contribution in [0.3, 0.4) is 0 Å². The molecule has 0 saturated heterocycles. The molecule has 0 aliphatic heterocycles. The number of rotatable bonds is 5. The Hall–Kier alpha value is -2.68. The van der Waals surface area contributed by atoms with Gasteiger partial charge in [0.25, 0.3) is 5.56 Å². The highest BCUT2D eigenvalue weighted by atomic mass is 32.2. The second-order valence-corrected chi connectivity index (χ2v) is 5.67. The van der Waals surface area contributed by atoms with Crippen LogP contribution in [-0.2, 0) is 11.3 Å². The van der Waals surface area contributed by atoms with Gasteiger partial charge in [-0.2, -0.15) is 0 Å². The van der Waals surface area contributed by atoms with Crippen LogP contribution < -0.4 is 10.9 Å². The highest BCUT2D eigenvalue weighted by molar-refractivity contribution is 8.00. The molecule has 0 radical (unpaired) electrons. The third kappa shape index (κ3) is 3.57. The van der Waals surface area contributed by atoms with Crippen molar-refractivity contribution in [3.63, 3.8) is 0 Å². The van der Waals surface area contributed by atoms with Crippen molar-refractivity contribution in [1.29, 1.82) is 0 Å². The SMILES string of the molecule is O=C(CSc1ccc(F)cc1)NCc1nnc2c(=O)[nH]ccn12. The first-order chi connectivity index (χ1) is 11.1. The number of fused-ring (bicyclic) bond motifs is 1. The Balaban J connectivity index is 1.57. The molecule has 9 heteroatoms. The first-order valence-electron chi connectivity index (χ1n) is 6.70. The van der Waals surface area contributed by atoms with Crippen LogP contribution in [0.25, 0.3) is 5.65 Å². The van der Waals surface area contributed by atoms with Crippen LogP contribution >= 0.6 is 11.8 Å². The van der Waals surface area contributed by atoms with Gasteiger partial charge in [0.05, 0.1) is 12.3 Å². The largest absolute Gasteiger partial charge is 0.348 e. The maximum absolute atomic E-state index is 12.8. The van der Waals surface area contributed by atoms with E-state index in [1.54, 1.807) is 18.3 Å². The molecule has 0 fully saturated rings. The number of H-pyrrole nitrogens is 1. The summed E-state index contributed by atoms with van der Waals surface area (Å²) in [5, 5.41) is 10.4. The fourth-order valence-corrected chi connectivity index (χ4v) is 2.64. The third-order valence-electron chi connectivity index (χ3n) is 3.03. The molecule has 0 bridgehead atoms. The molecular weight excluding hydrogens is 321 g/mol. The summed E-state index contributed by atoms with van der Waals surface area (Å²) < 4.78 is 14.3. The summed E-state index contributed by atoms with van der Waals surface area (Å²) in [4.78, 5) is 26.7. The van der Waals surface area contributed by atoms with Crippen molar-refractivity contribution in [2.75, 3.05) is 5.75 Å². The van der Waals surface area contributed by atoms with Gasteiger partial charge in [-0.05, 0) is 24.3 Å². The van der Waals surface area contributed by atoms with Crippen LogP contribution in [0.1, 0.15) is 5.82 Å². The lowest BCUT2D eigenvalue weighted by molar-refractivity contribution is -0.118. The van der Waals surface area contributed by atoms with Gasteiger partial charge in [0.15, 0.2) is 5.82 Å². The van der Waals surface area contributed by atoms with Crippen molar-refractivity contribution in [3.8, 4) is 0 Å². The number of aromatic amines is 1. The topological polar surface area (TPSA) is 92.2 Å². The average Bonchev–Trinajstić information content (AvgIpc) is 2.97. The maximum atomic E-state index is 12.8. The molecule has 0 unspecified atom stereocenters. The van der Waals surface area contributed by atoms with Gasteiger partial charge >= 0.3 is 0 Å². The number of halogens is 1. The summed E-state index contributed by atoms with van der Waals surface area (Å²) in [5.74, 6) is 0.155. The average molecular weight is 333 g/mol. The molecular formula is C14H12FN5O2S. The van der Waals surface area contributed by atoms with E-state index in [2.05, 4.69) is 20.5 Å². The minimum atomic E-state index is -0.343. The van der Waals surface area contributed by atoms with Crippen molar-refractivity contribution < 1.29 is 9.18 Å². The van der Waals surface area contributed by atoms with E-state index in [1.165, 1.54) is 34.5 Å². The van der Waals surface area contributed by atoms with E-state index in [4.69, 9.17) is 0 Å². The maximum Gasteiger partial charge on any atom is 0.293 e. The Morgan fingerprint density at radius 2 is 2.09 bits per heavy atom. The van der Waals surface area contributed by atoms with Crippen LogP contribution in [0.4, 0.5) is 4.39 Å². The number of carbonyl (C=O) groups excluding carboxylic acids is 1. The van der Waals surface area contributed by atoms with E-state index in [0.29, 0.717) is 5.82 Å². The lowest BCUT2D eigenvalue weighted by Gasteiger charge is -2.04. The van der Waals surface area contributed by atoms with Gasteiger partial charge in [-0.25, -0.2) is 4.39 Å². The molecule has 23 heavy (non-hydrogen) atoms. The van der Waals surface area contributed by atoms with Crippen LogP contribution in [0.5, 0.6) is 0 Å². The van der Waals surface area contributed by atoms with E-state index in [-0.39, 0.29) is 35.2 Å². The van der Waals surface area contributed by atoms with Gasteiger partial charge in [-0.3, -0.25) is 14.0 Å². The zero-order chi connectivity index (χ0) is 16.2. The number of carbonyl (C=O) groups is 1. The lowest BCUT2D eigenvalue weighted by Crippen LogP contribution is -2.25. The number of hydrogen-bond donors (Lipinski definition) is 2. The minimum Gasteiger partial charge on any atom is -0.348 e. The Morgan fingerprint density at radius 1 is 1.30 bits per heavy atom. The summed E-state index contributed by atoms with van der Waals surface area (Å²) in [6.45, 7) is 0.160. The Kier molecular flexibility index (Phi) is 4.38. The van der Waals surface area contributed by atoms with Crippen LogP contribution in [0.15, 0.2) is 46.3 Å². The zero-order valence-electron chi connectivity index (χ0n) is 11.8. The molecule has 3 aromatic rings. The number of hydrogen-bond acceptors (Lipinski definition) is 5. The van der Waals surface area contributed by atoms with Gasteiger partial charge in [-0.1, -0.05) is 0 Å². The molecule has 2 N–H and O–H groups in total. The summed E-state index contributed by atoms with van der Waals surface area (Å²) in [6, 6.07) is 5.93. The number of amides is 1. The van der Waals surface area contributed by atoms with Crippen molar-refractivity contribution >= 4 is 23.3 Å². The van der Waals surface area contributed by atoms with Gasteiger partial charge in [0, 0.05) is 17.3 Å². The van der Waals surface area contributed by atoms with Crippen LogP contribution in [-0.4, -0.2) is 31.2 Å². The van der Waals surface area contributed by atoms with Crippen molar-refractivity contribution in [3.05, 3.63) is 58.7 Å². The second-order valence-electron chi connectivity index (χ2n) is 4.62. The summed E-state index contributed by atoms with van der Waals surface area (Å²) >= 11 is 1.30. The summed E-state index contributed by atoms with van der Waals surface area (Å²) in [5.41, 5.74) is -0.165. The molecule has 0 spiro atoms. The van der Waals surface area contributed by atoms with Gasteiger partial charge in [0.2, 0.25) is 11.6 Å². The van der Waals surface area contributed by atoms with E-state index in [1.807, 2.05) is 0 Å². The fourth-order valence-electron chi connectivity index (χ4n) is 1.92. The summed E-state index contributed by atoms with van der Waals surface area (Å²) in [6.07, 6.45) is 3.10. The molecule has 0 atom stereocenters. The number of benzene rings is 1. The van der Waals surface area contributed by atoms with Gasteiger partial charge in [0.1, 0.15) is 5.82 Å². The van der Waals surface area contributed by atoms with Crippen LogP contribution in [0.2, 0.25) is 0 Å². The molecule has 7 nitrogen and oxygen atoms in total. The number of nitrogens with one attached hydrogen (secondary N) is 2. The molecule has 0 saturated carbocycles. The zero-order valence-corrected chi connectivity index (χ0v) is 12.6.